The van der Waals surface area contributed by atoms with E-state index in [1.807, 2.05) is 5.32 Å². The van der Waals surface area contributed by atoms with Crippen molar-refractivity contribution in [1.82, 2.24) is 5.32 Å². The third-order valence-electron chi connectivity index (χ3n) is 2.46. The molecule has 0 heterocycles. The average Bonchev–Trinajstić information content (AvgIpc) is 2.39. The Morgan fingerprint density at radius 1 is 1.33 bits per heavy atom. The van der Waals surface area contributed by atoms with Gasteiger partial charge in [-0.2, -0.15) is 11.8 Å². The standard InChI is InChI=1S/C12H13F3N2O3S/c1-21-3-2-8(11(18)19)16-12(20)17-9-5-6(13)4-7(14)10(9)15/h4-5,8H,2-3H2,1H3,(H,18,19)(H2,16,17,20)/t8-/m0/s1. The van der Waals surface area contributed by atoms with Crippen LogP contribution in [-0.4, -0.2) is 35.2 Å². The first-order valence-corrected chi connectivity index (χ1v) is 7.18. The van der Waals surface area contributed by atoms with Crippen LogP contribution < -0.4 is 10.6 Å². The molecule has 0 aliphatic heterocycles. The second-order valence-corrected chi connectivity index (χ2v) is 5.01. The summed E-state index contributed by atoms with van der Waals surface area (Å²) in [4.78, 5) is 22.5. The maximum absolute atomic E-state index is 13.3. The van der Waals surface area contributed by atoms with Crippen molar-refractivity contribution in [2.45, 2.75) is 12.5 Å². The van der Waals surface area contributed by atoms with Crippen molar-refractivity contribution in [3.63, 3.8) is 0 Å². The van der Waals surface area contributed by atoms with Gasteiger partial charge in [-0.05, 0) is 18.4 Å². The number of urea groups is 1. The van der Waals surface area contributed by atoms with Crippen LogP contribution in [0.2, 0.25) is 0 Å². The van der Waals surface area contributed by atoms with E-state index in [-0.39, 0.29) is 6.42 Å². The summed E-state index contributed by atoms with van der Waals surface area (Å²) in [6.07, 6.45) is 1.92. The second-order valence-electron chi connectivity index (χ2n) is 4.02. The van der Waals surface area contributed by atoms with Crippen LogP contribution in [-0.2, 0) is 4.79 Å². The maximum atomic E-state index is 13.3. The van der Waals surface area contributed by atoms with Gasteiger partial charge in [-0.3, -0.25) is 0 Å². The molecule has 0 aliphatic carbocycles. The van der Waals surface area contributed by atoms with E-state index in [0.717, 1.165) is 0 Å². The second kappa shape index (κ2) is 7.77. The Morgan fingerprint density at radius 3 is 2.57 bits per heavy atom. The van der Waals surface area contributed by atoms with Crippen molar-refractivity contribution in [2.24, 2.45) is 0 Å². The van der Waals surface area contributed by atoms with Crippen LogP contribution in [0.25, 0.3) is 0 Å². The minimum Gasteiger partial charge on any atom is -0.480 e. The van der Waals surface area contributed by atoms with E-state index in [0.29, 0.717) is 17.9 Å². The molecular weight excluding hydrogens is 309 g/mol. The molecule has 116 valence electrons. The zero-order valence-corrected chi connectivity index (χ0v) is 11.8. The fourth-order valence-corrected chi connectivity index (χ4v) is 1.93. The molecule has 0 spiro atoms. The number of hydrogen-bond acceptors (Lipinski definition) is 3. The Bertz CT molecular complexity index is 543. The van der Waals surface area contributed by atoms with Gasteiger partial charge in [0.1, 0.15) is 11.9 Å². The van der Waals surface area contributed by atoms with Gasteiger partial charge in [0, 0.05) is 12.1 Å². The Hall–Kier alpha value is -1.90. The molecule has 0 fully saturated rings. The van der Waals surface area contributed by atoms with Gasteiger partial charge < -0.3 is 15.7 Å². The molecule has 21 heavy (non-hydrogen) atoms. The predicted molar refractivity (Wildman–Crippen MR) is 72.9 cm³/mol. The van der Waals surface area contributed by atoms with E-state index in [9.17, 15) is 22.8 Å². The number of amides is 2. The largest absolute Gasteiger partial charge is 0.480 e. The first kappa shape index (κ1) is 17.2. The molecule has 3 N–H and O–H groups in total. The molecule has 1 aromatic rings. The SMILES string of the molecule is CSCC[C@H](NC(=O)Nc1cc(F)cc(F)c1F)C(=O)O. The van der Waals surface area contributed by atoms with E-state index >= 15 is 0 Å². The van der Waals surface area contributed by atoms with Gasteiger partial charge in [0.25, 0.3) is 0 Å². The van der Waals surface area contributed by atoms with E-state index < -0.39 is 41.2 Å². The van der Waals surface area contributed by atoms with Crippen LogP contribution in [0, 0.1) is 17.5 Å². The molecule has 0 aromatic heterocycles. The lowest BCUT2D eigenvalue weighted by atomic mass is 10.2. The first-order valence-electron chi connectivity index (χ1n) is 5.79. The lowest BCUT2D eigenvalue weighted by Crippen LogP contribution is -2.43. The molecule has 1 aromatic carbocycles. The number of aliphatic carboxylic acids is 1. The summed E-state index contributed by atoms with van der Waals surface area (Å²) in [5, 5.41) is 12.9. The third kappa shape index (κ3) is 5.18. The highest BCUT2D eigenvalue weighted by atomic mass is 32.2. The quantitative estimate of drug-likeness (QED) is 0.703. The molecule has 1 rings (SSSR count). The number of nitrogens with one attached hydrogen (secondary N) is 2. The number of thioether (sulfide) groups is 1. The van der Waals surface area contributed by atoms with Gasteiger partial charge in [-0.1, -0.05) is 0 Å². The summed E-state index contributed by atoms with van der Waals surface area (Å²) >= 11 is 1.39. The Kier molecular flexibility index (Phi) is 6.35. The van der Waals surface area contributed by atoms with Crippen LogP contribution in [0.5, 0.6) is 0 Å². The van der Waals surface area contributed by atoms with E-state index in [1.165, 1.54) is 11.8 Å². The van der Waals surface area contributed by atoms with E-state index in [2.05, 4.69) is 5.32 Å². The number of carboxylic acids is 1. The zero-order chi connectivity index (χ0) is 16.0. The predicted octanol–water partition coefficient (Wildman–Crippen LogP) is 2.43. The third-order valence-corrected chi connectivity index (χ3v) is 3.10. The smallest absolute Gasteiger partial charge is 0.326 e. The van der Waals surface area contributed by atoms with Crippen molar-refractivity contribution in [2.75, 3.05) is 17.3 Å². The zero-order valence-electron chi connectivity index (χ0n) is 11.0. The van der Waals surface area contributed by atoms with Gasteiger partial charge in [0.05, 0.1) is 5.69 Å². The van der Waals surface area contributed by atoms with Gasteiger partial charge in [0.15, 0.2) is 11.6 Å². The summed E-state index contributed by atoms with van der Waals surface area (Å²) in [7, 11) is 0. The number of anilines is 1. The number of rotatable bonds is 6. The van der Waals surface area contributed by atoms with E-state index in [4.69, 9.17) is 5.11 Å². The van der Waals surface area contributed by atoms with Crippen molar-refractivity contribution in [3.8, 4) is 0 Å². The molecular formula is C12H13F3N2O3S. The molecule has 0 radical (unpaired) electrons. The highest BCUT2D eigenvalue weighted by Crippen LogP contribution is 2.19. The fraction of sp³-hybridized carbons (Fsp3) is 0.333. The van der Waals surface area contributed by atoms with Crippen LogP contribution >= 0.6 is 11.8 Å². The van der Waals surface area contributed by atoms with E-state index in [1.54, 1.807) is 6.26 Å². The number of benzene rings is 1. The molecule has 0 saturated carbocycles. The highest BCUT2D eigenvalue weighted by Gasteiger charge is 2.20. The fourth-order valence-electron chi connectivity index (χ4n) is 1.46. The molecule has 9 heteroatoms. The summed E-state index contributed by atoms with van der Waals surface area (Å²) in [6.45, 7) is 0. The minimum absolute atomic E-state index is 0.157. The molecule has 0 unspecified atom stereocenters. The monoisotopic (exact) mass is 322 g/mol. The van der Waals surface area contributed by atoms with Crippen LogP contribution in [0.15, 0.2) is 12.1 Å². The summed E-state index contributed by atoms with van der Waals surface area (Å²) in [5.41, 5.74) is -0.709. The average molecular weight is 322 g/mol. The van der Waals surface area contributed by atoms with Crippen molar-refractivity contribution < 1.29 is 27.9 Å². The minimum atomic E-state index is -1.46. The number of halogens is 3. The molecule has 0 bridgehead atoms. The van der Waals surface area contributed by atoms with Gasteiger partial charge in [-0.25, -0.2) is 22.8 Å². The number of carbonyl (C=O) groups is 2. The molecule has 2 amide bonds. The molecule has 1 atom stereocenters. The number of hydrogen-bond donors (Lipinski definition) is 3. The first-order chi connectivity index (χ1) is 9.85. The molecule has 5 nitrogen and oxygen atoms in total. The van der Waals surface area contributed by atoms with Crippen LogP contribution in [0.1, 0.15) is 6.42 Å². The normalized spacial score (nSPS) is 11.8. The summed E-state index contributed by atoms with van der Waals surface area (Å²) < 4.78 is 39.2. The van der Waals surface area contributed by atoms with Crippen LogP contribution in [0.4, 0.5) is 23.7 Å². The van der Waals surface area contributed by atoms with Crippen molar-refractivity contribution in [1.29, 1.82) is 0 Å². The maximum Gasteiger partial charge on any atom is 0.326 e. The van der Waals surface area contributed by atoms with Crippen molar-refractivity contribution >= 4 is 29.4 Å². The van der Waals surface area contributed by atoms with Gasteiger partial charge >= 0.3 is 12.0 Å². The lowest BCUT2D eigenvalue weighted by Gasteiger charge is -2.15. The van der Waals surface area contributed by atoms with Crippen LogP contribution in [0.3, 0.4) is 0 Å². The lowest BCUT2D eigenvalue weighted by molar-refractivity contribution is -0.139. The molecule has 0 aliphatic rings. The van der Waals surface area contributed by atoms with Gasteiger partial charge in [-0.15, -0.1) is 0 Å². The van der Waals surface area contributed by atoms with Crippen molar-refractivity contribution in [3.05, 3.63) is 29.6 Å². The Morgan fingerprint density at radius 2 is 2.00 bits per heavy atom. The summed E-state index contributed by atoms with van der Waals surface area (Å²) in [5.74, 6) is -4.73. The highest BCUT2D eigenvalue weighted by molar-refractivity contribution is 7.98. The Balaban J connectivity index is 2.74. The molecule has 0 saturated heterocycles. The number of carboxylic acid groups (broad SMARTS) is 1. The topological polar surface area (TPSA) is 78.4 Å². The Labute approximate surface area is 122 Å². The number of carbonyl (C=O) groups excluding carboxylic acids is 1. The van der Waals surface area contributed by atoms with Gasteiger partial charge in [0.2, 0.25) is 0 Å². The summed E-state index contributed by atoms with van der Waals surface area (Å²) in [6, 6.07) is -1.32.